The van der Waals surface area contributed by atoms with Gasteiger partial charge in [-0.05, 0) is 39.2 Å². The van der Waals surface area contributed by atoms with Crippen LogP contribution in [0, 0.1) is 11.8 Å². The summed E-state index contributed by atoms with van der Waals surface area (Å²) in [5, 5.41) is 6.48. The van der Waals surface area contributed by atoms with Crippen LogP contribution in [0.15, 0.2) is 0 Å². The van der Waals surface area contributed by atoms with Crippen LogP contribution in [0.5, 0.6) is 0 Å². The molecule has 0 aromatic carbocycles. The second-order valence-electron chi connectivity index (χ2n) is 5.48. The summed E-state index contributed by atoms with van der Waals surface area (Å²) in [6, 6.07) is 0.298. The summed E-state index contributed by atoms with van der Waals surface area (Å²) >= 11 is 0. The van der Waals surface area contributed by atoms with Crippen molar-refractivity contribution in [1.82, 2.24) is 10.6 Å². The second-order valence-corrected chi connectivity index (χ2v) is 5.48. The molecule has 0 aromatic rings. The van der Waals surface area contributed by atoms with Crippen LogP contribution in [0.1, 0.15) is 33.6 Å². The quantitative estimate of drug-likeness (QED) is 0.754. The summed E-state index contributed by atoms with van der Waals surface area (Å²) in [4.78, 5) is 12.3. The minimum Gasteiger partial charge on any atom is -0.374 e. The van der Waals surface area contributed by atoms with Crippen LogP contribution >= 0.6 is 0 Å². The second kappa shape index (κ2) is 5.36. The summed E-state index contributed by atoms with van der Waals surface area (Å²) in [5.41, 5.74) is 0. The summed E-state index contributed by atoms with van der Waals surface area (Å²) in [5.74, 6) is 0.483. The lowest BCUT2D eigenvalue weighted by Crippen LogP contribution is -2.49. The zero-order chi connectivity index (χ0) is 12.4. The fourth-order valence-electron chi connectivity index (χ4n) is 2.99. The zero-order valence-electron chi connectivity index (χ0n) is 11.0. The Labute approximate surface area is 103 Å². The van der Waals surface area contributed by atoms with Crippen LogP contribution in [-0.2, 0) is 9.53 Å². The van der Waals surface area contributed by atoms with E-state index in [0.717, 1.165) is 25.9 Å². The first-order chi connectivity index (χ1) is 8.09. The van der Waals surface area contributed by atoms with E-state index in [0.29, 0.717) is 12.0 Å². The molecule has 2 fully saturated rings. The Hall–Kier alpha value is -0.610. The van der Waals surface area contributed by atoms with Gasteiger partial charge in [0.1, 0.15) is 0 Å². The van der Waals surface area contributed by atoms with E-state index in [9.17, 15) is 4.79 Å². The Morgan fingerprint density at radius 3 is 2.59 bits per heavy atom. The van der Waals surface area contributed by atoms with Crippen molar-refractivity contribution in [1.29, 1.82) is 0 Å². The highest BCUT2D eigenvalue weighted by Gasteiger charge is 2.41. The third-order valence-corrected chi connectivity index (χ3v) is 4.19. The topological polar surface area (TPSA) is 50.4 Å². The van der Waals surface area contributed by atoms with Crippen LogP contribution < -0.4 is 10.6 Å². The summed E-state index contributed by atoms with van der Waals surface area (Å²) in [6.07, 6.45) is 2.46. The molecule has 2 N–H and O–H groups in total. The number of nitrogens with one attached hydrogen (secondary N) is 2. The highest BCUT2D eigenvalue weighted by atomic mass is 16.5. The average molecular weight is 240 g/mol. The monoisotopic (exact) mass is 240 g/mol. The number of piperidine rings is 1. The molecule has 5 atom stereocenters. The molecular weight excluding hydrogens is 216 g/mol. The molecule has 2 heterocycles. The summed E-state index contributed by atoms with van der Waals surface area (Å²) < 4.78 is 5.72. The molecule has 17 heavy (non-hydrogen) atoms. The molecule has 0 aliphatic carbocycles. The highest BCUT2D eigenvalue weighted by Crippen LogP contribution is 2.32. The molecule has 2 aliphatic rings. The van der Waals surface area contributed by atoms with Crippen molar-refractivity contribution in [2.45, 2.75) is 51.9 Å². The maximum atomic E-state index is 12.3. The predicted octanol–water partition coefficient (Wildman–Crippen LogP) is 0.914. The van der Waals surface area contributed by atoms with E-state index < -0.39 is 0 Å². The fraction of sp³-hybridized carbons (Fsp3) is 0.923. The Bertz CT molecular complexity index is 277. The normalized spacial score (nSPS) is 42.4. The number of hydrogen-bond donors (Lipinski definition) is 2. The average Bonchev–Trinajstić information content (AvgIpc) is 2.54. The van der Waals surface area contributed by atoms with Crippen molar-refractivity contribution in [3.8, 4) is 0 Å². The molecule has 98 valence electrons. The molecule has 2 aliphatic heterocycles. The first-order valence-corrected chi connectivity index (χ1v) is 6.76. The highest BCUT2D eigenvalue weighted by molar-refractivity contribution is 5.80. The van der Waals surface area contributed by atoms with E-state index in [1.54, 1.807) is 0 Å². The van der Waals surface area contributed by atoms with E-state index >= 15 is 0 Å². The number of carbonyl (C=O) groups is 1. The molecule has 2 rings (SSSR count). The van der Waals surface area contributed by atoms with Crippen LogP contribution in [0.25, 0.3) is 0 Å². The van der Waals surface area contributed by atoms with Crippen molar-refractivity contribution in [2.24, 2.45) is 11.8 Å². The van der Waals surface area contributed by atoms with Gasteiger partial charge >= 0.3 is 0 Å². The molecule has 0 saturated carbocycles. The molecule has 0 aromatic heterocycles. The number of ether oxygens (including phenoxy) is 1. The Balaban J connectivity index is 1.90. The van der Waals surface area contributed by atoms with Gasteiger partial charge in [-0.1, -0.05) is 6.92 Å². The van der Waals surface area contributed by atoms with Crippen LogP contribution in [0.2, 0.25) is 0 Å². The van der Waals surface area contributed by atoms with Gasteiger partial charge in [-0.2, -0.15) is 0 Å². The van der Waals surface area contributed by atoms with Crippen molar-refractivity contribution in [3.63, 3.8) is 0 Å². The predicted molar refractivity (Wildman–Crippen MR) is 66.7 cm³/mol. The third kappa shape index (κ3) is 2.80. The third-order valence-electron chi connectivity index (χ3n) is 4.19. The van der Waals surface area contributed by atoms with E-state index in [2.05, 4.69) is 24.5 Å². The van der Waals surface area contributed by atoms with Gasteiger partial charge in [0, 0.05) is 12.6 Å². The first-order valence-electron chi connectivity index (χ1n) is 6.76. The summed E-state index contributed by atoms with van der Waals surface area (Å²) in [7, 11) is 0. The Morgan fingerprint density at radius 1 is 1.29 bits per heavy atom. The van der Waals surface area contributed by atoms with Gasteiger partial charge in [0.2, 0.25) is 5.91 Å². The lowest BCUT2D eigenvalue weighted by Gasteiger charge is -2.27. The number of hydrogen-bond acceptors (Lipinski definition) is 3. The van der Waals surface area contributed by atoms with Gasteiger partial charge in [-0.25, -0.2) is 0 Å². The molecule has 0 bridgehead atoms. The van der Waals surface area contributed by atoms with E-state index in [-0.39, 0.29) is 24.0 Å². The minimum atomic E-state index is 0.00641. The van der Waals surface area contributed by atoms with Crippen LogP contribution in [-0.4, -0.2) is 37.2 Å². The minimum absolute atomic E-state index is 0.00641. The molecule has 4 nitrogen and oxygen atoms in total. The van der Waals surface area contributed by atoms with Gasteiger partial charge in [0.25, 0.3) is 0 Å². The van der Waals surface area contributed by atoms with E-state index in [4.69, 9.17) is 4.74 Å². The standard InChI is InChI=1S/C13H24N2O2/c1-8-9(2)17-10(3)12(8)13(16)15-11-5-4-6-14-7-11/h8-12,14H,4-7H2,1-3H3,(H,15,16)/t8?,9?,10?,11-,12?/m1/s1. The molecule has 2 saturated heterocycles. The number of amides is 1. The van der Waals surface area contributed by atoms with Crippen LogP contribution in [0.4, 0.5) is 0 Å². The zero-order valence-corrected chi connectivity index (χ0v) is 11.0. The molecular formula is C13H24N2O2. The largest absolute Gasteiger partial charge is 0.374 e. The van der Waals surface area contributed by atoms with Gasteiger partial charge in [-0.3, -0.25) is 4.79 Å². The van der Waals surface area contributed by atoms with Crippen molar-refractivity contribution in [2.75, 3.05) is 13.1 Å². The van der Waals surface area contributed by atoms with Crippen molar-refractivity contribution >= 4 is 5.91 Å². The number of carbonyl (C=O) groups excluding carboxylic acids is 1. The van der Waals surface area contributed by atoms with Gasteiger partial charge in [0.15, 0.2) is 0 Å². The lowest BCUT2D eigenvalue weighted by molar-refractivity contribution is -0.128. The summed E-state index contributed by atoms with van der Waals surface area (Å²) in [6.45, 7) is 8.14. The fourth-order valence-corrected chi connectivity index (χ4v) is 2.99. The van der Waals surface area contributed by atoms with Gasteiger partial charge in [-0.15, -0.1) is 0 Å². The van der Waals surface area contributed by atoms with E-state index in [1.807, 2.05) is 6.92 Å². The molecule has 0 spiro atoms. The van der Waals surface area contributed by atoms with Crippen molar-refractivity contribution < 1.29 is 9.53 Å². The first kappa shape index (κ1) is 12.8. The Morgan fingerprint density at radius 2 is 2.06 bits per heavy atom. The molecule has 1 amide bonds. The van der Waals surface area contributed by atoms with Crippen LogP contribution in [0.3, 0.4) is 0 Å². The van der Waals surface area contributed by atoms with Crippen molar-refractivity contribution in [3.05, 3.63) is 0 Å². The number of rotatable bonds is 2. The molecule has 4 unspecified atom stereocenters. The van der Waals surface area contributed by atoms with E-state index in [1.165, 1.54) is 0 Å². The lowest BCUT2D eigenvalue weighted by atomic mass is 9.88. The Kier molecular flexibility index (Phi) is 4.05. The SMILES string of the molecule is CC1OC(C)C(C(=O)N[C@@H]2CCCNC2)C1C. The van der Waals surface area contributed by atoms with Gasteiger partial charge < -0.3 is 15.4 Å². The molecule has 4 heteroatoms. The molecule has 0 radical (unpaired) electrons. The maximum absolute atomic E-state index is 12.3. The van der Waals surface area contributed by atoms with Gasteiger partial charge in [0.05, 0.1) is 18.1 Å². The maximum Gasteiger partial charge on any atom is 0.226 e. The smallest absolute Gasteiger partial charge is 0.226 e.